The predicted octanol–water partition coefficient (Wildman–Crippen LogP) is 5.73. The Kier molecular flexibility index (Phi) is 3.33. The second-order valence-electron chi connectivity index (χ2n) is 7.88. The van der Waals surface area contributed by atoms with E-state index in [-0.39, 0.29) is 0 Å². The molecule has 5 rings (SSSR count). The number of hydrogen-bond donors (Lipinski definition) is 0. The lowest BCUT2D eigenvalue weighted by Gasteiger charge is -2.23. The van der Waals surface area contributed by atoms with Crippen molar-refractivity contribution < 1.29 is 9.30 Å². The van der Waals surface area contributed by atoms with Crippen LogP contribution in [0.25, 0.3) is 33.1 Å². The molecule has 2 heterocycles. The Hall–Kier alpha value is -2.94. The Morgan fingerprint density at radius 1 is 1.04 bits per heavy atom. The molecule has 0 unspecified atom stereocenters. The lowest BCUT2D eigenvalue weighted by Crippen LogP contribution is -2.34. The molecule has 1 aromatic heterocycles. The van der Waals surface area contributed by atoms with E-state index >= 15 is 0 Å². The summed E-state index contributed by atoms with van der Waals surface area (Å²) < 4.78 is 8.61. The molecule has 134 valence electrons. The fourth-order valence-electron chi connectivity index (χ4n) is 4.20. The van der Waals surface area contributed by atoms with E-state index in [9.17, 15) is 0 Å². The molecule has 0 radical (unpaired) electrons. The zero-order valence-electron chi connectivity index (χ0n) is 16.4. The minimum Gasteiger partial charge on any atom is -0.433 e. The van der Waals surface area contributed by atoms with Crippen molar-refractivity contribution in [2.24, 2.45) is 7.05 Å². The number of aryl methyl sites for hydroxylation is 2. The highest BCUT2D eigenvalue weighted by atomic mass is 16.5. The number of nitrogens with zero attached hydrogens (tertiary/aromatic N) is 2. The molecule has 3 heteroatoms. The number of para-hydroxylation sites is 2. The molecule has 0 fully saturated rings. The fraction of sp³-hybridized carbons (Fsp3) is 0.250. The Morgan fingerprint density at radius 2 is 1.81 bits per heavy atom. The van der Waals surface area contributed by atoms with Gasteiger partial charge in [-0.3, -0.25) is 0 Å². The van der Waals surface area contributed by atoms with Crippen molar-refractivity contribution in [3.63, 3.8) is 0 Å². The first-order chi connectivity index (χ1) is 13.0. The van der Waals surface area contributed by atoms with E-state index in [1.54, 1.807) is 0 Å². The second kappa shape index (κ2) is 5.53. The van der Waals surface area contributed by atoms with E-state index in [2.05, 4.69) is 69.6 Å². The summed E-state index contributed by atoms with van der Waals surface area (Å²) in [6.07, 6.45) is 0. The Morgan fingerprint density at radius 3 is 2.59 bits per heavy atom. The van der Waals surface area contributed by atoms with Crippen molar-refractivity contribution >= 4 is 21.8 Å². The number of hydrogen-bond acceptors (Lipinski definition) is 2. The van der Waals surface area contributed by atoms with Crippen molar-refractivity contribution in [1.82, 2.24) is 4.98 Å². The summed E-state index contributed by atoms with van der Waals surface area (Å²) >= 11 is 0. The normalized spacial score (nSPS) is 12.5. The number of aromatic nitrogens is 2. The van der Waals surface area contributed by atoms with Gasteiger partial charge in [-0.2, -0.15) is 4.57 Å². The first-order valence-electron chi connectivity index (χ1n) is 9.50. The summed E-state index contributed by atoms with van der Waals surface area (Å²) in [6.45, 7) is 8.84. The van der Waals surface area contributed by atoms with Gasteiger partial charge in [0, 0.05) is 11.5 Å². The van der Waals surface area contributed by atoms with E-state index < -0.39 is 0 Å². The zero-order chi connectivity index (χ0) is 18.9. The van der Waals surface area contributed by atoms with Crippen LogP contribution in [0.4, 0.5) is 0 Å². The summed E-state index contributed by atoms with van der Waals surface area (Å²) in [7, 11) is 2.10. The minimum absolute atomic E-state index is 0.446. The van der Waals surface area contributed by atoms with Gasteiger partial charge in [0.1, 0.15) is 18.3 Å². The van der Waals surface area contributed by atoms with Gasteiger partial charge in [0.15, 0.2) is 0 Å². The number of rotatable bonds is 1. The van der Waals surface area contributed by atoms with Crippen LogP contribution >= 0.6 is 0 Å². The molecule has 0 saturated heterocycles. The fourth-order valence-corrected chi connectivity index (χ4v) is 4.20. The molecule has 0 bridgehead atoms. The van der Waals surface area contributed by atoms with E-state index in [4.69, 9.17) is 9.72 Å². The Balaban J connectivity index is 1.98. The topological polar surface area (TPSA) is 26.0 Å². The number of benzene rings is 3. The van der Waals surface area contributed by atoms with Crippen molar-refractivity contribution in [3.8, 4) is 22.9 Å². The van der Waals surface area contributed by atoms with Crippen LogP contribution in [0.5, 0.6) is 11.6 Å². The lowest BCUT2D eigenvalue weighted by molar-refractivity contribution is -0.634. The van der Waals surface area contributed by atoms with Crippen LogP contribution in [0.1, 0.15) is 36.5 Å². The minimum atomic E-state index is 0.446. The molecule has 0 saturated carbocycles. The van der Waals surface area contributed by atoms with Crippen LogP contribution < -0.4 is 9.30 Å². The molecule has 4 aromatic rings. The SMILES string of the molecule is Cc1cc2cc(C(C)C)cc3c2c(c1C)-c1c(nc2ccccc2[n+]1C)O3. The van der Waals surface area contributed by atoms with E-state index in [1.165, 1.54) is 33.0 Å². The standard InChI is InChI=1S/C24H23N2O/c1-13(2)16-11-17-10-14(3)15(4)21-22(17)20(12-16)27-24-23(21)26(5)19-9-7-6-8-18(19)25-24/h6-13H,1-5H3/q+1. The molecule has 0 amide bonds. The van der Waals surface area contributed by atoms with Gasteiger partial charge < -0.3 is 4.74 Å². The first-order valence-corrected chi connectivity index (χ1v) is 9.50. The highest BCUT2D eigenvalue weighted by Gasteiger charge is 2.33. The maximum Gasteiger partial charge on any atom is 0.294 e. The summed E-state index contributed by atoms with van der Waals surface area (Å²) in [4.78, 5) is 4.86. The van der Waals surface area contributed by atoms with Crippen LogP contribution in [-0.2, 0) is 7.05 Å². The van der Waals surface area contributed by atoms with Gasteiger partial charge in [0.05, 0.1) is 5.56 Å². The highest BCUT2D eigenvalue weighted by molar-refractivity contribution is 6.05. The Labute approximate surface area is 159 Å². The van der Waals surface area contributed by atoms with Gasteiger partial charge in [-0.05, 0) is 54.0 Å². The van der Waals surface area contributed by atoms with Crippen LogP contribution in [0.15, 0.2) is 42.5 Å². The van der Waals surface area contributed by atoms with Gasteiger partial charge in [0.25, 0.3) is 11.6 Å². The molecular formula is C24H23N2O+. The highest BCUT2D eigenvalue weighted by Crippen LogP contribution is 2.47. The third kappa shape index (κ3) is 2.21. The zero-order valence-corrected chi connectivity index (χ0v) is 16.4. The average Bonchev–Trinajstić information content (AvgIpc) is 2.65. The van der Waals surface area contributed by atoms with Crippen LogP contribution in [0, 0.1) is 13.8 Å². The summed E-state index contributed by atoms with van der Waals surface area (Å²) in [5.41, 5.74) is 8.24. The van der Waals surface area contributed by atoms with Crippen molar-refractivity contribution in [2.45, 2.75) is 33.6 Å². The lowest BCUT2D eigenvalue weighted by atomic mass is 9.89. The Bertz CT molecular complexity index is 1250. The molecule has 0 atom stereocenters. The predicted molar refractivity (Wildman–Crippen MR) is 109 cm³/mol. The monoisotopic (exact) mass is 355 g/mol. The maximum atomic E-state index is 6.39. The first kappa shape index (κ1) is 16.2. The molecule has 0 spiro atoms. The van der Waals surface area contributed by atoms with Gasteiger partial charge in [-0.15, -0.1) is 0 Å². The quantitative estimate of drug-likeness (QED) is 0.359. The second-order valence-corrected chi connectivity index (χ2v) is 7.88. The van der Waals surface area contributed by atoms with E-state index in [0.717, 1.165) is 22.5 Å². The van der Waals surface area contributed by atoms with Gasteiger partial charge in [0.2, 0.25) is 5.52 Å². The third-order valence-corrected chi connectivity index (χ3v) is 5.86. The molecule has 0 N–H and O–H groups in total. The van der Waals surface area contributed by atoms with Crippen molar-refractivity contribution in [3.05, 3.63) is 59.2 Å². The van der Waals surface area contributed by atoms with Crippen LogP contribution in [-0.4, -0.2) is 4.98 Å². The molecule has 3 nitrogen and oxygen atoms in total. The molecule has 1 aliphatic rings. The van der Waals surface area contributed by atoms with Crippen LogP contribution in [0.2, 0.25) is 0 Å². The molecular weight excluding hydrogens is 332 g/mol. The third-order valence-electron chi connectivity index (χ3n) is 5.86. The van der Waals surface area contributed by atoms with Gasteiger partial charge in [-0.25, -0.2) is 4.98 Å². The maximum absolute atomic E-state index is 6.39. The van der Waals surface area contributed by atoms with Gasteiger partial charge >= 0.3 is 0 Å². The summed E-state index contributed by atoms with van der Waals surface area (Å²) in [5, 5.41) is 2.44. The van der Waals surface area contributed by atoms with Gasteiger partial charge in [-0.1, -0.05) is 38.1 Å². The van der Waals surface area contributed by atoms with Crippen molar-refractivity contribution in [2.75, 3.05) is 0 Å². The number of fused-ring (bicyclic) bond motifs is 3. The van der Waals surface area contributed by atoms with E-state index in [0.29, 0.717) is 11.8 Å². The molecule has 3 aromatic carbocycles. The summed E-state index contributed by atoms with van der Waals surface area (Å²) in [6, 6.07) is 15.0. The van der Waals surface area contributed by atoms with Crippen molar-refractivity contribution in [1.29, 1.82) is 0 Å². The molecule has 1 aliphatic heterocycles. The smallest absolute Gasteiger partial charge is 0.294 e. The largest absolute Gasteiger partial charge is 0.433 e. The average molecular weight is 355 g/mol. The molecule has 0 aliphatic carbocycles. The number of ether oxygens (including phenoxy) is 1. The molecule has 27 heavy (non-hydrogen) atoms. The van der Waals surface area contributed by atoms with E-state index in [1.807, 2.05) is 12.1 Å². The summed E-state index contributed by atoms with van der Waals surface area (Å²) in [5.74, 6) is 2.06. The van der Waals surface area contributed by atoms with Crippen LogP contribution in [0.3, 0.4) is 0 Å².